The van der Waals surface area contributed by atoms with Gasteiger partial charge in [-0.2, -0.15) is 0 Å². The standard InChI is InChI=1S/C19H20N4O2/c1-2-22-15-7-4-3-6-14(15)21-18(22)16-8-5-11-23(16)19(25)13-9-10-20-17(24)12-13/h3-4,6-7,9-10,12,16H,2,5,8,11H2,1H3,(H,20,24). The van der Waals surface area contributed by atoms with E-state index in [4.69, 9.17) is 4.98 Å². The maximum atomic E-state index is 12.9. The molecule has 3 heterocycles. The quantitative estimate of drug-likeness (QED) is 0.799. The fraction of sp³-hybridized carbons (Fsp3) is 0.316. The van der Waals surface area contributed by atoms with Crippen molar-refractivity contribution < 1.29 is 4.79 Å². The molecule has 1 atom stereocenters. The zero-order chi connectivity index (χ0) is 17.4. The second kappa shape index (κ2) is 6.20. The zero-order valence-electron chi connectivity index (χ0n) is 14.1. The predicted octanol–water partition coefficient (Wildman–Crippen LogP) is 2.72. The van der Waals surface area contributed by atoms with Gasteiger partial charge in [-0.25, -0.2) is 4.98 Å². The highest BCUT2D eigenvalue weighted by Gasteiger charge is 2.34. The van der Waals surface area contributed by atoms with Crippen molar-refractivity contribution >= 4 is 16.9 Å². The summed E-state index contributed by atoms with van der Waals surface area (Å²) < 4.78 is 2.18. The van der Waals surface area contributed by atoms with Gasteiger partial charge in [0.1, 0.15) is 5.82 Å². The normalized spacial score (nSPS) is 17.3. The van der Waals surface area contributed by atoms with E-state index in [1.165, 1.54) is 12.3 Å². The lowest BCUT2D eigenvalue weighted by molar-refractivity contribution is 0.0727. The number of benzene rings is 1. The topological polar surface area (TPSA) is 71.0 Å². The van der Waals surface area contributed by atoms with Gasteiger partial charge in [0.15, 0.2) is 0 Å². The number of likely N-dealkylation sites (tertiary alicyclic amines) is 1. The Bertz CT molecular complexity index is 988. The Labute approximate surface area is 145 Å². The number of aryl methyl sites for hydroxylation is 1. The van der Waals surface area contributed by atoms with Gasteiger partial charge < -0.3 is 14.5 Å². The average molecular weight is 336 g/mol. The second-order valence-corrected chi connectivity index (χ2v) is 6.30. The first-order valence-electron chi connectivity index (χ1n) is 8.64. The summed E-state index contributed by atoms with van der Waals surface area (Å²) in [6.45, 7) is 3.58. The molecule has 0 aliphatic carbocycles. The summed E-state index contributed by atoms with van der Waals surface area (Å²) >= 11 is 0. The number of H-pyrrole nitrogens is 1. The van der Waals surface area contributed by atoms with Crippen LogP contribution in [-0.4, -0.2) is 31.9 Å². The molecule has 0 bridgehead atoms. The van der Waals surface area contributed by atoms with Crippen LogP contribution in [-0.2, 0) is 6.54 Å². The van der Waals surface area contributed by atoms with Crippen molar-refractivity contribution in [2.24, 2.45) is 0 Å². The summed E-state index contributed by atoms with van der Waals surface area (Å²) in [6, 6.07) is 11.0. The van der Waals surface area contributed by atoms with Crippen LogP contribution in [0.5, 0.6) is 0 Å². The molecular formula is C19H20N4O2. The molecule has 6 heteroatoms. The molecule has 1 aromatic carbocycles. The Balaban J connectivity index is 1.75. The smallest absolute Gasteiger partial charge is 0.254 e. The second-order valence-electron chi connectivity index (χ2n) is 6.30. The van der Waals surface area contributed by atoms with Gasteiger partial charge in [-0.1, -0.05) is 12.1 Å². The third-order valence-corrected chi connectivity index (χ3v) is 4.83. The van der Waals surface area contributed by atoms with Crippen molar-refractivity contribution in [1.29, 1.82) is 0 Å². The Morgan fingerprint density at radius 3 is 2.96 bits per heavy atom. The number of nitrogens with one attached hydrogen (secondary N) is 1. The number of rotatable bonds is 3. The maximum Gasteiger partial charge on any atom is 0.254 e. The minimum Gasteiger partial charge on any atom is -0.329 e. The van der Waals surface area contributed by atoms with Gasteiger partial charge >= 0.3 is 0 Å². The summed E-state index contributed by atoms with van der Waals surface area (Å²) in [5.74, 6) is 0.822. The lowest BCUT2D eigenvalue weighted by atomic mass is 10.1. The van der Waals surface area contributed by atoms with Gasteiger partial charge in [-0.05, 0) is 38.0 Å². The number of aromatic amines is 1. The molecule has 1 aliphatic heterocycles. The van der Waals surface area contributed by atoms with E-state index >= 15 is 0 Å². The van der Waals surface area contributed by atoms with Crippen LogP contribution in [0.1, 0.15) is 42.0 Å². The molecule has 1 N–H and O–H groups in total. The van der Waals surface area contributed by atoms with Crippen LogP contribution < -0.4 is 5.56 Å². The number of nitrogens with zero attached hydrogens (tertiary/aromatic N) is 3. The molecule has 1 saturated heterocycles. The van der Waals surface area contributed by atoms with Gasteiger partial charge in [0.05, 0.1) is 17.1 Å². The van der Waals surface area contributed by atoms with E-state index in [9.17, 15) is 9.59 Å². The molecule has 1 amide bonds. The lowest BCUT2D eigenvalue weighted by Gasteiger charge is -2.25. The molecule has 25 heavy (non-hydrogen) atoms. The Kier molecular flexibility index (Phi) is 3.87. The van der Waals surface area contributed by atoms with Gasteiger partial charge in [0, 0.05) is 30.9 Å². The minimum atomic E-state index is -0.262. The van der Waals surface area contributed by atoms with Crippen molar-refractivity contribution in [3.05, 3.63) is 64.3 Å². The molecule has 128 valence electrons. The fourth-order valence-corrected chi connectivity index (χ4v) is 3.70. The first kappa shape index (κ1) is 15.6. The fourth-order valence-electron chi connectivity index (χ4n) is 3.70. The molecule has 0 saturated carbocycles. The summed E-state index contributed by atoms with van der Waals surface area (Å²) in [5, 5.41) is 0. The van der Waals surface area contributed by atoms with Gasteiger partial charge in [0.25, 0.3) is 5.91 Å². The molecule has 3 aromatic rings. The average Bonchev–Trinajstić information content (AvgIpc) is 3.25. The van der Waals surface area contributed by atoms with E-state index in [0.717, 1.165) is 36.2 Å². The number of fused-ring (bicyclic) bond motifs is 1. The van der Waals surface area contributed by atoms with E-state index in [0.29, 0.717) is 12.1 Å². The third-order valence-electron chi connectivity index (χ3n) is 4.83. The summed E-state index contributed by atoms with van der Waals surface area (Å²) in [7, 11) is 0. The first-order valence-corrected chi connectivity index (χ1v) is 8.64. The van der Waals surface area contributed by atoms with E-state index in [1.807, 2.05) is 23.1 Å². The minimum absolute atomic E-state index is 0.0564. The van der Waals surface area contributed by atoms with Crippen LogP contribution in [0.15, 0.2) is 47.4 Å². The summed E-state index contributed by atoms with van der Waals surface area (Å²) in [5.41, 5.74) is 2.21. The lowest BCUT2D eigenvalue weighted by Crippen LogP contribution is -2.32. The van der Waals surface area contributed by atoms with Crippen LogP contribution in [0.25, 0.3) is 11.0 Å². The van der Waals surface area contributed by atoms with Gasteiger partial charge in [-0.3, -0.25) is 9.59 Å². The van der Waals surface area contributed by atoms with Crippen molar-refractivity contribution in [1.82, 2.24) is 19.4 Å². The highest BCUT2D eigenvalue weighted by Crippen LogP contribution is 2.34. The molecule has 0 radical (unpaired) electrons. The largest absolute Gasteiger partial charge is 0.329 e. The van der Waals surface area contributed by atoms with E-state index < -0.39 is 0 Å². The molecule has 6 nitrogen and oxygen atoms in total. The predicted molar refractivity (Wildman–Crippen MR) is 95.5 cm³/mol. The number of hydrogen-bond acceptors (Lipinski definition) is 3. The first-order chi connectivity index (χ1) is 12.2. The SMILES string of the molecule is CCn1c(C2CCCN2C(=O)c2cc[nH]c(=O)c2)nc2ccccc21. The monoisotopic (exact) mass is 336 g/mol. The van der Waals surface area contributed by atoms with E-state index in [-0.39, 0.29) is 17.5 Å². The van der Waals surface area contributed by atoms with Gasteiger partial charge in [0.2, 0.25) is 5.56 Å². The Hall–Kier alpha value is -2.89. The number of pyridine rings is 1. The van der Waals surface area contributed by atoms with Crippen LogP contribution in [0.2, 0.25) is 0 Å². The number of aromatic nitrogens is 3. The van der Waals surface area contributed by atoms with Gasteiger partial charge in [-0.15, -0.1) is 0 Å². The zero-order valence-corrected chi connectivity index (χ0v) is 14.1. The number of para-hydroxylation sites is 2. The Morgan fingerprint density at radius 2 is 2.16 bits per heavy atom. The highest BCUT2D eigenvalue weighted by molar-refractivity contribution is 5.94. The summed E-state index contributed by atoms with van der Waals surface area (Å²) in [4.78, 5) is 33.7. The van der Waals surface area contributed by atoms with Crippen LogP contribution in [0.4, 0.5) is 0 Å². The molecule has 2 aromatic heterocycles. The maximum absolute atomic E-state index is 12.9. The molecule has 1 aliphatic rings. The van der Waals surface area contributed by atoms with Crippen LogP contribution in [0, 0.1) is 0 Å². The summed E-state index contributed by atoms with van der Waals surface area (Å²) in [6.07, 6.45) is 3.34. The van der Waals surface area contributed by atoms with Crippen molar-refractivity contribution in [2.45, 2.75) is 32.4 Å². The van der Waals surface area contributed by atoms with E-state index in [2.05, 4.69) is 22.5 Å². The van der Waals surface area contributed by atoms with Crippen LogP contribution in [0.3, 0.4) is 0 Å². The number of amides is 1. The molecule has 4 rings (SSSR count). The molecule has 1 fully saturated rings. The molecule has 0 spiro atoms. The number of imidazole rings is 1. The number of carbonyl (C=O) groups excluding carboxylic acids is 1. The Morgan fingerprint density at radius 1 is 1.32 bits per heavy atom. The van der Waals surface area contributed by atoms with Crippen molar-refractivity contribution in [3.63, 3.8) is 0 Å². The number of carbonyl (C=O) groups is 1. The highest BCUT2D eigenvalue weighted by atomic mass is 16.2. The van der Waals surface area contributed by atoms with Crippen LogP contribution >= 0.6 is 0 Å². The third kappa shape index (κ3) is 2.63. The van der Waals surface area contributed by atoms with Crippen molar-refractivity contribution in [2.75, 3.05) is 6.54 Å². The van der Waals surface area contributed by atoms with E-state index in [1.54, 1.807) is 6.07 Å². The van der Waals surface area contributed by atoms with Crippen molar-refractivity contribution in [3.8, 4) is 0 Å². The molecule has 1 unspecified atom stereocenters. The number of hydrogen-bond donors (Lipinski definition) is 1. The molecular weight excluding hydrogens is 316 g/mol.